The van der Waals surface area contributed by atoms with E-state index in [9.17, 15) is 0 Å². The van der Waals surface area contributed by atoms with Gasteiger partial charge in [0.05, 0.1) is 11.6 Å². The first-order chi connectivity index (χ1) is 13.6. The van der Waals surface area contributed by atoms with E-state index < -0.39 is 0 Å². The van der Waals surface area contributed by atoms with Gasteiger partial charge in [0, 0.05) is 13.1 Å². The molecule has 0 aliphatic carbocycles. The van der Waals surface area contributed by atoms with Crippen LogP contribution in [0.2, 0.25) is 5.02 Å². The third kappa shape index (κ3) is 4.92. The molecule has 1 aromatic heterocycles. The van der Waals surface area contributed by atoms with Crippen LogP contribution in [0.25, 0.3) is 0 Å². The second-order valence-corrected chi connectivity index (χ2v) is 6.69. The van der Waals surface area contributed by atoms with Gasteiger partial charge in [-0.05, 0) is 54.5 Å². The minimum atomic E-state index is 0.420. The maximum Gasteiger partial charge on any atom is 0.243 e. The van der Waals surface area contributed by atoms with E-state index >= 15 is 0 Å². The summed E-state index contributed by atoms with van der Waals surface area (Å²) in [6, 6.07) is 12.0. The Morgan fingerprint density at radius 3 is 2.57 bits per heavy atom. The monoisotopic (exact) mass is 401 g/mol. The Kier molecular flexibility index (Phi) is 6.71. The molecule has 3 aromatic rings. The molecule has 0 fully saturated rings. The SMILES string of the molecule is CCOc1cc(CNc2nnnn2CC)cc(Cl)c1OCc1ccc(C)cc1. The summed E-state index contributed by atoms with van der Waals surface area (Å²) in [6.07, 6.45) is 0. The van der Waals surface area contributed by atoms with E-state index in [0.29, 0.717) is 48.8 Å². The molecule has 8 heteroatoms. The van der Waals surface area contributed by atoms with E-state index in [0.717, 1.165) is 11.1 Å². The number of halogens is 1. The highest BCUT2D eigenvalue weighted by molar-refractivity contribution is 6.32. The number of nitrogens with one attached hydrogen (secondary N) is 1. The second kappa shape index (κ2) is 9.41. The van der Waals surface area contributed by atoms with Crippen molar-refractivity contribution in [1.29, 1.82) is 0 Å². The molecule has 0 aliphatic heterocycles. The van der Waals surface area contributed by atoms with E-state index in [4.69, 9.17) is 21.1 Å². The lowest BCUT2D eigenvalue weighted by Gasteiger charge is -2.16. The minimum absolute atomic E-state index is 0.420. The summed E-state index contributed by atoms with van der Waals surface area (Å²) in [4.78, 5) is 0. The average Bonchev–Trinajstić information content (AvgIpc) is 3.15. The quantitative estimate of drug-likeness (QED) is 0.578. The topological polar surface area (TPSA) is 74.1 Å². The summed E-state index contributed by atoms with van der Waals surface area (Å²) in [7, 11) is 0. The van der Waals surface area contributed by atoms with E-state index in [1.165, 1.54) is 5.56 Å². The van der Waals surface area contributed by atoms with Crippen molar-refractivity contribution in [3.63, 3.8) is 0 Å². The number of ether oxygens (including phenoxy) is 2. The van der Waals surface area contributed by atoms with Crippen molar-refractivity contribution in [3.8, 4) is 11.5 Å². The summed E-state index contributed by atoms with van der Waals surface area (Å²) in [5.74, 6) is 1.77. The van der Waals surface area contributed by atoms with Crippen LogP contribution in [0.4, 0.5) is 5.95 Å². The molecule has 28 heavy (non-hydrogen) atoms. The zero-order valence-corrected chi connectivity index (χ0v) is 17.0. The van der Waals surface area contributed by atoms with Crippen LogP contribution < -0.4 is 14.8 Å². The molecule has 2 aromatic carbocycles. The summed E-state index contributed by atoms with van der Waals surface area (Å²) in [5, 5.41) is 15.3. The fourth-order valence-electron chi connectivity index (χ4n) is 2.69. The number of benzene rings is 2. The third-order valence-corrected chi connectivity index (χ3v) is 4.44. The van der Waals surface area contributed by atoms with Gasteiger partial charge >= 0.3 is 0 Å². The molecule has 0 spiro atoms. The minimum Gasteiger partial charge on any atom is -0.490 e. The Morgan fingerprint density at radius 2 is 1.86 bits per heavy atom. The molecule has 0 amide bonds. The zero-order chi connectivity index (χ0) is 19.9. The predicted octanol–water partition coefficient (Wildman–Crippen LogP) is 4.24. The van der Waals surface area contributed by atoms with E-state index in [2.05, 4.69) is 39.9 Å². The van der Waals surface area contributed by atoms with Crippen molar-refractivity contribution < 1.29 is 9.47 Å². The number of anilines is 1. The number of hydrogen-bond donors (Lipinski definition) is 1. The van der Waals surface area contributed by atoms with Gasteiger partial charge in [0.1, 0.15) is 6.61 Å². The second-order valence-electron chi connectivity index (χ2n) is 6.28. The Bertz CT molecular complexity index is 911. The zero-order valence-electron chi connectivity index (χ0n) is 16.3. The largest absolute Gasteiger partial charge is 0.490 e. The molecule has 148 valence electrons. The van der Waals surface area contributed by atoms with Crippen molar-refractivity contribution in [3.05, 3.63) is 58.1 Å². The van der Waals surface area contributed by atoms with Crippen LogP contribution in [-0.4, -0.2) is 26.8 Å². The number of aromatic nitrogens is 4. The highest BCUT2D eigenvalue weighted by Crippen LogP contribution is 2.37. The standard InChI is InChI=1S/C20H24ClN5O2/c1-4-26-20(23-24-25-26)22-12-16-10-17(21)19(18(11-16)27-5-2)28-13-15-8-6-14(3)7-9-15/h6-11H,4-5,12-13H2,1-3H3,(H,22,23,25). The molecule has 0 saturated carbocycles. The third-order valence-electron chi connectivity index (χ3n) is 4.15. The Morgan fingerprint density at radius 1 is 1.07 bits per heavy atom. The summed E-state index contributed by atoms with van der Waals surface area (Å²) in [6.45, 7) is 8.10. The number of nitrogens with zero attached hydrogens (tertiary/aromatic N) is 4. The summed E-state index contributed by atoms with van der Waals surface area (Å²) >= 11 is 6.50. The van der Waals surface area contributed by atoms with Crippen LogP contribution in [-0.2, 0) is 19.7 Å². The normalized spacial score (nSPS) is 10.7. The Balaban J connectivity index is 1.74. The van der Waals surface area contributed by atoms with Crippen molar-refractivity contribution in [2.75, 3.05) is 11.9 Å². The Hall–Kier alpha value is -2.80. The lowest BCUT2D eigenvalue weighted by atomic mass is 10.1. The predicted molar refractivity (Wildman–Crippen MR) is 109 cm³/mol. The number of rotatable bonds is 9. The molecule has 0 bridgehead atoms. The molecule has 0 radical (unpaired) electrons. The molecule has 1 N–H and O–H groups in total. The average molecular weight is 402 g/mol. The van der Waals surface area contributed by atoms with Crippen molar-refractivity contribution in [2.45, 2.75) is 40.5 Å². The maximum atomic E-state index is 6.50. The first kappa shape index (κ1) is 19.9. The molecule has 7 nitrogen and oxygen atoms in total. The Labute approximate surface area is 169 Å². The van der Waals surface area contributed by atoms with Crippen molar-refractivity contribution in [1.82, 2.24) is 20.2 Å². The fourth-order valence-corrected chi connectivity index (χ4v) is 2.98. The number of aryl methyl sites for hydroxylation is 2. The van der Waals surface area contributed by atoms with E-state index in [1.807, 2.05) is 38.1 Å². The van der Waals surface area contributed by atoms with Crippen LogP contribution in [0.5, 0.6) is 11.5 Å². The lowest BCUT2D eigenvalue weighted by Crippen LogP contribution is -2.08. The lowest BCUT2D eigenvalue weighted by molar-refractivity contribution is 0.269. The van der Waals surface area contributed by atoms with Gasteiger partial charge in [-0.1, -0.05) is 46.5 Å². The molecule has 0 saturated heterocycles. The molecule has 3 rings (SSSR count). The van der Waals surface area contributed by atoms with Gasteiger partial charge < -0.3 is 14.8 Å². The summed E-state index contributed by atoms with van der Waals surface area (Å²) < 4.78 is 13.4. The van der Waals surface area contributed by atoms with Gasteiger partial charge in [-0.25, -0.2) is 4.68 Å². The van der Waals surface area contributed by atoms with Crippen LogP contribution in [0.1, 0.15) is 30.5 Å². The highest BCUT2D eigenvalue weighted by Gasteiger charge is 2.14. The van der Waals surface area contributed by atoms with E-state index in [1.54, 1.807) is 4.68 Å². The first-order valence-electron chi connectivity index (χ1n) is 9.24. The van der Waals surface area contributed by atoms with E-state index in [-0.39, 0.29) is 0 Å². The smallest absolute Gasteiger partial charge is 0.243 e. The van der Waals surface area contributed by atoms with Crippen molar-refractivity contribution >= 4 is 17.5 Å². The summed E-state index contributed by atoms with van der Waals surface area (Å²) in [5.41, 5.74) is 3.23. The van der Waals surface area contributed by atoms with Gasteiger partial charge in [0.15, 0.2) is 11.5 Å². The van der Waals surface area contributed by atoms with Crippen LogP contribution in [0, 0.1) is 6.92 Å². The van der Waals surface area contributed by atoms with Gasteiger partial charge in [-0.2, -0.15) is 0 Å². The van der Waals surface area contributed by atoms with Gasteiger partial charge in [0.25, 0.3) is 0 Å². The number of tetrazole rings is 1. The van der Waals surface area contributed by atoms with Gasteiger partial charge in [-0.3, -0.25) is 0 Å². The molecule has 1 heterocycles. The molecular weight excluding hydrogens is 378 g/mol. The first-order valence-corrected chi connectivity index (χ1v) is 9.62. The highest BCUT2D eigenvalue weighted by atomic mass is 35.5. The molecule has 0 aliphatic rings. The molecule has 0 unspecified atom stereocenters. The molecule has 0 atom stereocenters. The van der Waals surface area contributed by atoms with Crippen LogP contribution >= 0.6 is 11.6 Å². The van der Waals surface area contributed by atoms with Crippen LogP contribution in [0.3, 0.4) is 0 Å². The maximum absolute atomic E-state index is 6.50. The van der Waals surface area contributed by atoms with Crippen molar-refractivity contribution in [2.24, 2.45) is 0 Å². The number of hydrogen-bond acceptors (Lipinski definition) is 6. The van der Waals surface area contributed by atoms with Crippen LogP contribution in [0.15, 0.2) is 36.4 Å². The fraction of sp³-hybridized carbons (Fsp3) is 0.350. The molecular formula is C20H24ClN5O2. The van der Waals surface area contributed by atoms with Gasteiger partial charge in [-0.15, -0.1) is 0 Å². The van der Waals surface area contributed by atoms with Gasteiger partial charge in [0.2, 0.25) is 5.95 Å².